The van der Waals surface area contributed by atoms with Crippen molar-refractivity contribution in [3.05, 3.63) is 11.7 Å². The fourth-order valence-corrected chi connectivity index (χ4v) is 3.70. The molecule has 0 aromatic carbocycles. The zero-order valence-corrected chi connectivity index (χ0v) is 13.6. The van der Waals surface area contributed by atoms with Crippen LogP contribution < -0.4 is 0 Å². The molecule has 0 atom stereocenters. The second-order valence-electron chi connectivity index (χ2n) is 7.14. The first kappa shape index (κ1) is 15.1. The average Bonchev–Trinajstić information content (AvgIpc) is 3.11. The summed E-state index contributed by atoms with van der Waals surface area (Å²) in [5.74, 6) is 2.58. The predicted octanol–water partition coefficient (Wildman–Crippen LogP) is 2.64. The molecule has 0 unspecified atom stereocenters. The van der Waals surface area contributed by atoms with Crippen molar-refractivity contribution >= 4 is 5.91 Å². The second-order valence-corrected chi connectivity index (χ2v) is 7.14. The zero-order valence-electron chi connectivity index (χ0n) is 13.6. The van der Waals surface area contributed by atoms with Crippen LogP contribution in [0.15, 0.2) is 4.52 Å². The van der Waals surface area contributed by atoms with Crippen LogP contribution in [-0.4, -0.2) is 40.1 Å². The summed E-state index contributed by atoms with van der Waals surface area (Å²) in [6.07, 6.45) is 8.93. The molecular weight excluding hydrogens is 294 g/mol. The first-order valence-corrected chi connectivity index (χ1v) is 9.02. The van der Waals surface area contributed by atoms with E-state index in [1.807, 2.05) is 4.90 Å². The van der Waals surface area contributed by atoms with E-state index in [4.69, 9.17) is 9.26 Å². The summed E-state index contributed by atoms with van der Waals surface area (Å²) in [6, 6.07) is 0. The topological polar surface area (TPSA) is 68.5 Å². The first-order valence-electron chi connectivity index (χ1n) is 9.02. The molecule has 4 rings (SSSR count). The molecule has 2 heterocycles. The third-order valence-corrected chi connectivity index (χ3v) is 5.33. The fraction of sp³-hybridized carbons (Fsp3) is 0.824. The van der Waals surface area contributed by atoms with Crippen LogP contribution >= 0.6 is 0 Å². The van der Waals surface area contributed by atoms with Crippen LogP contribution in [0.25, 0.3) is 0 Å². The van der Waals surface area contributed by atoms with Crippen molar-refractivity contribution < 1.29 is 14.1 Å². The van der Waals surface area contributed by atoms with Gasteiger partial charge in [-0.15, -0.1) is 0 Å². The Morgan fingerprint density at radius 2 is 1.87 bits per heavy atom. The standard InChI is InChI=1S/C17H25N3O3/c21-17(13-3-1-2-4-13)20-9-7-14(8-10-20)22-11-15-18-16(19-23-15)12-5-6-12/h12-14H,1-11H2. The van der Waals surface area contributed by atoms with Gasteiger partial charge in [-0.2, -0.15) is 4.98 Å². The van der Waals surface area contributed by atoms with E-state index in [1.54, 1.807) is 0 Å². The minimum absolute atomic E-state index is 0.193. The molecule has 2 saturated carbocycles. The van der Waals surface area contributed by atoms with Crippen molar-refractivity contribution in [2.45, 2.75) is 70.0 Å². The van der Waals surface area contributed by atoms with Crippen molar-refractivity contribution in [1.82, 2.24) is 15.0 Å². The SMILES string of the molecule is O=C(C1CCCC1)N1CCC(OCc2nc(C3CC3)no2)CC1. The van der Waals surface area contributed by atoms with Gasteiger partial charge in [0.1, 0.15) is 6.61 Å². The highest BCUT2D eigenvalue weighted by atomic mass is 16.5. The van der Waals surface area contributed by atoms with Crippen LogP contribution in [0, 0.1) is 5.92 Å². The van der Waals surface area contributed by atoms with Gasteiger partial charge < -0.3 is 14.2 Å². The lowest BCUT2D eigenvalue weighted by atomic mass is 10.0. The molecule has 0 radical (unpaired) electrons. The summed E-state index contributed by atoms with van der Waals surface area (Å²) >= 11 is 0. The first-order chi connectivity index (χ1) is 11.3. The van der Waals surface area contributed by atoms with E-state index in [0.29, 0.717) is 24.3 Å². The highest BCUT2D eigenvalue weighted by Crippen LogP contribution is 2.38. The molecule has 1 saturated heterocycles. The summed E-state index contributed by atoms with van der Waals surface area (Å²) in [5, 5.41) is 4.00. The molecule has 1 aromatic rings. The van der Waals surface area contributed by atoms with Gasteiger partial charge in [0.25, 0.3) is 5.89 Å². The van der Waals surface area contributed by atoms with Crippen LogP contribution in [0.4, 0.5) is 0 Å². The molecule has 3 fully saturated rings. The number of ether oxygens (including phenoxy) is 1. The van der Waals surface area contributed by atoms with Crippen LogP contribution in [0.3, 0.4) is 0 Å². The van der Waals surface area contributed by atoms with Gasteiger partial charge >= 0.3 is 0 Å². The maximum atomic E-state index is 12.4. The molecule has 2 aliphatic carbocycles. The van der Waals surface area contributed by atoms with Crippen LogP contribution in [0.2, 0.25) is 0 Å². The molecule has 3 aliphatic rings. The number of rotatable bonds is 5. The third kappa shape index (κ3) is 3.57. The number of nitrogens with zero attached hydrogens (tertiary/aromatic N) is 3. The Morgan fingerprint density at radius 3 is 2.57 bits per heavy atom. The minimum Gasteiger partial charge on any atom is -0.368 e. The molecule has 6 nitrogen and oxygen atoms in total. The van der Waals surface area contributed by atoms with Crippen molar-refractivity contribution in [2.75, 3.05) is 13.1 Å². The molecule has 1 aliphatic heterocycles. The molecule has 1 aromatic heterocycles. The molecular formula is C17H25N3O3. The molecule has 23 heavy (non-hydrogen) atoms. The lowest BCUT2D eigenvalue weighted by Gasteiger charge is -2.33. The van der Waals surface area contributed by atoms with Crippen LogP contribution in [0.5, 0.6) is 0 Å². The molecule has 1 amide bonds. The number of amides is 1. The van der Waals surface area contributed by atoms with Crippen molar-refractivity contribution in [1.29, 1.82) is 0 Å². The number of hydrogen-bond donors (Lipinski definition) is 0. The zero-order chi connectivity index (χ0) is 15.6. The molecule has 0 spiro atoms. The Bertz CT molecular complexity index is 541. The summed E-state index contributed by atoms with van der Waals surface area (Å²) in [6.45, 7) is 2.02. The Balaban J connectivity index is 1.20. The molecule has 0 bridgehead atoms. The Morgan fingerprint density at radius 1 is 1.13 bits per heavy atom. The van der Waals surface area contributed by atoms with Gasteiger partial charge in [0.05, 0.1) is 6.10 Å². The van der Waals surface area contributed by atoms with Crippen LogP contribution in [-0.2, 0) is 16.1 Å². The molecule has 0 N–H and O–H groups in total. The quantitative estimate of drug-likeness (QED) is 0.834. The summed E-state index contributed by atoms with van der Waals surface area (Å²) in [4.78, 5) is 18.8. The monoisotopic (exact) mass is 319 g/mol. The van der Waals surface area contributed by atoms with E-state index in [1.165, 1.54) is 25.7 Å². The van der Waals surface area contributed by atoms with E-state index in [9.17, 15) is 4.79 Å². The van der Waals surface area contributed by atoms with E-state index in [2.05, 4.69) is 10.1 Å². The summed E-state index contributed by atoms with van der Waals surface area (Å²) in [5.41, 5.74) is 0. The smallest absolute Gasteiger partial charge is 0.252 e. The maximum Gasteiger partial charge on any atom is 0.252 e. The maximum absolute atomic E-state index is 12.4. The number of likely N-dealkylation sites (tertiary alicyclic amines) is 1. The average molecular weight is 319 g/mol. The Labute approximate surface area is 136 Å². The largest absolute Gasteiger partial charge is 0.368 e. The number of carbonyl (C=O) groups excluding carboxylic acids is 1. The van der Waals surface area contributed by atoms with Crippen molar-refractivity contribution in [3.8, 4) is 0 Å². The Kier molecular flexibility index (Phi) is 4.33. The highest BCUT2D eigenvalue weighted by Gasteiger charge is 2.31. The number of aromatic nitrogens is 2. The van der Waals surface area contributed by atoms with E-state index >= 15 is 0 Å². The third-order valence-electron chi connectivity index (χ3n) is 5.33. The number of hydrogen-bond acceptors (Lipinski definition) is 5. The molecule has 6 heteroatoms. The minimum atomic E-state index is 0.193. The van der Waals surface area contributed by atoms with Gasteiger partial charge in [-0.3, -0.25) is 4.79 Å². The summed E-state index contributed by atoms with van der Waals surface area (Å²) < 4.78 is 11.1. The van der Waals surface area contributed by atoms with Gasteiger partial charge in [0.2, 0.25) is 5.91 Å². The predicted molar refractivity (Wildman–Crippen MR) is 82.6 cm³/mol. The molecule has 126 valence electrons. The van der Waals surface area contributed by atoms with Gasteiger partial charge in [-0.1, -0.05) is 18.0 Å². The number of piperidine rings is 1. The van der Waals surface area contributed by atoms with E-state index in [0.717, 1.165) is 44.6 Å². The lowest BCUT2D eigenvalue weighted by Crippen LogP contribution is -2.43. The van der Waals surface area contributed by atoms with Crippen LogP contribution in [0.1, 0.15) is 69.0 Å². The number of carbonyl (C=O) groups is 1. The fourth-order valence-electron chi connectivity index (χ4n) is 3.70. The van der Waals surface area contributed by atoms with Crippen molar-refractivity contribution in [3.63, 3.8) is 0 Å². The van der Waals surface area contributed by atoms with E-state index < -0.39 is 0 Å². The second kappa shape index (κ2) is 6.59. The van der Waals surface area contributed by atoms with Gasteiger partial charge in [-0.05, 0) is 38.5 Å². The van der Waals surface area contributed by atoms with Gasteiger partial charge in [-0.25, -0.2) is 0 Å². The van der Waals surface area contributed by atoms with E-state index in [-0.39, 0.29) is 12.0 Å². The van der Waals surface area contributed by atoms with Gasteiger partial charge in [0.15, 0.2) is 5.82 Å². The summed E-state index contributed by atoms with van der Waals surface area (Å²) in [7, 11) is 0. The normalized spacial score (nSPS) is 23.6. The highest BCUT2D eigenvalue weighted by molar-refractivity contribution is 5.79. The lowest BCUT2D eigenvalue weighted by molar-refractivity contribution is -0.138. The van der Waals surface area contributed by atoms with Gasteiger partial charge in [0, 0.05) is 24.9 Å². The Hall–Kier alpha value is -1.43. The van der Waals surface area contributed by atoms with Crippen molar-refractivity contribution in [2.24, 2.45) is 5.92 Å².